The lowest BCUT2D eigenvalue weighted by atomic mass is 10.2. The maximum absolute atomic E-state index is 5.69. The zero-order chi connectivity index (χ0) is 21.0. The number of quaternary nitrogens is 1. The summed E-state index contributed by atoms with van der Waals surface area (Å²) < 4.78 is 3.93. The molecule has 2 aromatic heterocycles. The van der Waals surface area contributed by atoms with E-state index in [1.807, 2.05) is 18.2 Å². The van der Waals surface area contributed by atoms with Gasteiger partial charge in [-0.15, -0.1) is 0 Å². The van der Waals surface area contributed by atoms with Gasteiger partial charge in [0.15, 0.2) is 15.4 Å². The molecule has 3 heterocycles. The first-order valence-corrected chi connectivity index (χ1v) is 11.7. The Labute approximate surface area is 190 Å². The second-order valence-electron chi connectivity index (χ2n) is 7.64. The van der Waals surface area contributed by atoms with Crippen LogP contribution in [0.4, 0.5) is 5.82 Å². The van der Waals surface area contributed by atoms with E-state index < -0.39 is 0 Å². The molecule has 0 atom stereocenters. The third-order valence-corrected chi connectivity index (χ3v) is 7.01. The van der Waals surface area contributed by atoms with Crippen molar-refractivity contribution in [2.45, 2.75) is 0 Å². The van der Waals surface area contributed by atoms with Crippen molar-refractivity contribution in [1.82, 2.24) is 14.5 Å². The SMILES string of the molecule is S=c1sc2c(N3CC[NH+](CC=Cc4ccccc4)CC3)ncnc2n1-c1ccccc1. The summed E-state index contributed by atoms with van der Waals surface area (Å²) in [5.41, 5.74) is 3.20. The van der Waals surface area contributed by atoms with Gasteiger partial charge in [0.2, 0.25) is 0 Å². The molecule has 0 saturated carbocycles. The van der Waals surface area contributed by atoms with Gasteiger partial charge in [-0.05, 0) is 36.0 Å². The molecule has 5 rings (SSSR count). The molecule has 156 valence electrons. The van der Waals surface area contributed by atoms with E-state index >= 15 is 0 Å². The molecule has 4 aromatic rings. The van der Waals surface area contributed by atoms with Crippen molar-refractivity contribution in [3.05, 3.63) is 82.6 Å². The molecule has 1 aliphatic heterocycles. The van der Waals surface area contributed by atoms with Gasteiger partial charge in [0.05, 0.1) is 32.7 Å². The molecular formula is C24H24N5S2+. The maximum atomic E-state index is 5.69. The Morgan fingerprint density at radius 3 is 2.42 bits per heavy atom. The Bertz CT molecular complexity index is 1240. The van der Waals surface area contributed by atoms with Gasteiger partial charge in [0, 0.05) is 5.69 Å². The van der Waals surface area contributed by atoms with Crippen molar-refractivity contribution in [2.75, 3.05) is 37.6 Å². The fourth-order valence-electron chi connectivity index (χ4n) is 4.02. The smallest absolute Gasteiger partial charge is 0.168 e. The third-order valence-electron chi connectivity index (χ3n) is 5.65. The lowest BCUT2D eigenvalue weighted by Crippen LogP contribution is -3.14. The number of rotatable bonds is 5. The molecule has 0 spiro atoms. The Balaban J connectivity index is 1.31. The van der Waals surface area contributed by atoms with Gasteiger partial charge < -0.3 is 9.80 Å². The minimum atomic E-state index is 0.804. The van der Waals surface area contributed by atoms with Crippen molar-refractivity contribution >= 4 is 45.8 Å². The van der Waals surface area contributed by atoms with E-state index in [1.54, 1.807) is 22.6 Å². The van der Waals surface area contributed by atoms with Crippen LogP contribution >= 0.6 is 23.6 Å². The van der Waals surface area contributed by atoms with E-state index in [2.05, 4.69) is 74.1 Å². The lowest BCUT2D eigenvalue weighted by Gasteiger charge is -2.32. The molecule has 0 radical (unpaired) electrons. The maximum Gasteiger partial charge on any atom is 0.168 e. The Hall–Kier alpha value is -2.87. The third kappa shape index (κ3) is 4.30. The largest absolute Gasteiger partial charge is 0.344 e. The van der Waals surface area contributed by atoms with E-state index in [1.165, 1.54) is 5.56 Å². The number of anilines is 1. The van der Waals surface area contributed by atoms with Crippen LogP contribution in [0.1, 0.15) is 5.56 Å². The quantitative estimate of drug-likeness (QED) is 0.475. The summed E-state index contributed by atoms with van der Waals surface area (Å²) in [6, 6.07) is 20.7. The standard InChI is InChI=1S/C24H23N5S2/c30-24-29(20-11-5-2-6-12-20)23-21(31-24)22(25-18-26-23)28-16-14-27(15-17-28)13-7-10-19-8-3-1-4-9-19/h1-12,18H,13-17H2/p+1. The van der Waals surface area contributed by atoms with Gasteiger partial charge in [-0.3, -0.25) is 4.57 Å². The minimum Gasteiger partial charge on any atom is -0.344 e. The van der Waals surface area contributed by atoms with Crippen LogP contribution < -0.4 is 9.80 Å². The average molecular weight is 447 g/mol. The van der Waals surface area contributed by atoms with E-state index in [9.17, 15) is 0 Å². The van der Waals surface area contributed by atoms with E-state index in [0.29, 0.717) is 0 Å². The van der Waals surface area contributed by atoms with Crippen LogP contribution in [0.5, 0.6) is 0 Å². The number of piperazine rings is 1. The van der Waals surface area contributed by atoms with Crippen LogP contribution in [-0.4, -0.2) is 47.3 Å². The highest BCUT2D eigenvalue weighted by Gasteiger charge is 2.23. The topological polar surface area (TPSA) is 38.4 Å². The summed E-state index contributed by atoms with van der Waals surface area (Å²) in [4.78, 5) is 13.2. The summed E-state index contributed by atoms with van der Waals surface area (Å²) in [5, 5.41) is 0. The number of hydrogen-bond acceptors (Lipinski definition) is 5. The first kappa shape index (κ1) is 20.1. The predicted molar refractivity (Wildman–Crippen MR) is 131 cm³/mol. The van der Waals surface area contributed by atoms with Crippen LogP contribution in [-0.2, 0) is 0 Å². The van der Waals surface area contributed by atoms with Crippen molar-refractivity contribution in [2.24, 2.45) is 0 Å². The molecule has 7 heteroatoms. The highest BCUT2D eigenvalue weighted by molar-refractivity contribution is 7.73. The van der Waals surface area contributed by atoms with Gasteiger partial charge in [0.1, 0.15) is 11.0 Å². The molecule has 31 heavy (non-hydrogen) atoms. The summed E-state index contributed by atoms with van der Waals surface area (Å²) in [5.74, 6) is 1.01. The van der Waals surface area contributed by atoms with Crippen molar-refractivity contribution in [3.8, 4) is 5.69 Å². The summed E-state index contributed by atoms with van der Waals surface area (Å²) in [6.07, 6.45) is 6.17. The normalized spacial score (nSPS) is 15.2. The Morgan fingerprint density at radius 1 is 0.968 bits per heavy atom. The molecule has 0 bridgehead atoms. The zero-order valence-corrected chi connectivity index (χ0v) is 18.8. The summed E-state index contributed by atoms with van der Waals surface area (Å²) >= 11 is 7.29. The Kier molecular flexibility index (Phi) is 5.88. The van der Waals surface area contributed by atoms with Crippen LogP contribution in [0.3, 0.4) is 0 Å². The molecule has 5 nitrogen and oxygen atoms in total. The van der Waals surface area contributed by atoms with Crippen molar-refractivity contribution in [1.29, 1.82) is 0 Å². The first-order valence-electron chi connectivity index (χ1n) is 10.5. The Morgan fingerprint density at radius 2 is 1.68 bits per heavy atom. The van der Waals surface area contributed by atoms with Gasteiger partial charge in [-0.1, -0.05) is 65.9 Å². The predicted octanol–water partition coefficient (Wildman–Crippen LogP) is 3.63. The summed E-state index contributed by atoms with van der Waals surface area (Å²) in [6.45, 7) is 5.20. The van der Waals surface area contributed by atoms with Gasteiger partial charge in [-0.25, -0.2) is 9.97 Å². The number of nitrogens with zero attached hydrogens (tertiary/aromatic N) is 4. The second kappa shape index (κ2) is 9.09. The monoisotopic (exact) mass is 446 g/mol. The number of nitrogens with one attached hydrogen (secondary N) is 1. The first-order chi connectivity index (χ1) is 15.3. The number of thiazole rings is 1. The summed E-state index contributed by atoms with van der Waals surface area (Å²) in [7, 11) is 0. The average Bonchev–Trinajstić information content (AvgIpc) is 3.17. The van der Waals surface area contributed by atoms with E-state index in [4.69, 9.17) is 12.2 Å². The van der Waals surface area contributed by atoms with Gasteiger partial charge in [0.25, 0.3) is 0 Å². The fraction of sp³-hybridized carbons (Fsp3) is 0.208. The number of fused-ring (bicyclic) bond motifs is 1. The van der Waals surface area contributed by atoms with Crippen LogP contribution in [0.2, 0.25) is 0 Å². The highest BCUT2D eigenvalue weighted by Crippen LogP contribution is 2.31. The number of hydrogen-bond donors (Lipinski definition) is 1. The van der Waals surface area contributed by atoms with Crippen molar-refractivity contribution in [3.63, 3.8) is 0 Å². The lowest BCUT2D eigenvalue weighted by molar-refractivity contribution is -0.894. The number of aromatic nitrogens is 3. The number of para-hydroxylation sites is 1. The second-order valence-corrected chi connectivity index (χ2v) is 9.29. The molecule has 1 aliphatic rings. The van der Waals surface area contributed by atoms with Crippen LogP contribution in [0.15, 0.2) is 73.1 Å². The minimum absolute atomic E-state index is 0.804. The molecule has 0 aliphatic carbocycles. The molecule has 0 amide bonds. The molecule has 2 aromatic carbocycles. The fourth-order valence-corrected chi connectivity index (χ4v) is 5.43. The molecule has 1 N–H and O–H groups in total. The molecule has 0 unspecified atom stereocenters. The highest BCUT2D eigenvalue weighted by atomic mass is 32.1. The van der Waals surface area contributed by atoms with E-state index in [-0.39, 0.29) is 0 Å². The van der Waals surface area contributed by atoms with Gasteiger partial charge >= 0.3 is 0 Å². The van der Waals surface area contributed by atoms with Crippen molar-refractivity contribution < 1.29 is 4.90 Å². The van der Waals surface area contributed by atoms with Gasteiger partial charge in [-0.2, -0.15) is 0 Å². The zero-order valence-electron chi connectivity index (χ0n) is 17.1. The molecule has 1 fully saturated rings. The number of benzene rings is 2. The van der Waals surface area contributed by atoms with E-state index in [0.717, 1.165) is 58.5 Å². The van der Waals surface area contributed by atoms with Crippen LogP contribution in [0, 0.1) is 3.95 Å². The molecular weight excluding hydrogens is 422 g/mol. The molecule has 1 saturated heterocycles. The van der Waals surface area contributed by atoms with Crippen LogP contribution in [0.25, 0.3) is 22.1 Å².